The van der Waals surface area contributed by atoms with Crippen LogP contribution in [0.25, 0.3) is 0 Å². The van der Waals surface area contributed by atoms with Crippen molar-refractivity contribution in [2.24, 2.45) is 0 Å². The lowest BCUT2D eigenvalue weighted by Crippen LogP contribution is -2.14. The Morgan fingerprint density at radius 3 is 2.52 bits per heavy atom. The molecular formula is C15H16N4O2S2. The maximum atomic E-state index is 12.7. The summed E-state index contributed by atoms with van der Waals surface area (Å²) in [6.45, 7) is 4.03. The normalized spacial score (nSPS) is 11.7. The number of hydrogen-bond donors (Lipinski definition) is 0. The summed E-state index contributed by atoms with van der Waals surface area (Å²) in [6, 6.07) is 9.66. The van der Waals surface area contributed by atoms with Gasteiger partial charge in [-0.1, -0.05) is 30.3 Å². The second-order valence-corrected chi connectivity index (χ2v) is 8.41. The lowest BCUT2D eigenvalue weighted by atomic mass is 10.2. The number of aromatic nitrogens is 4. The van der Waals surface area contributed by atoms with E-state index in [4.69, 9.17) is 0 Å². The molecule has 23 heavy (non-hydrogen) atoms. The van der Waals surface area contributed by atoms with Gasteiger partial charge in [-0.05, 0) is 19.4 Å². The first-order chi connectivity index (χ1) is 11.0. The van der Waals surface area contributed by atoms with E-state index in [1.54, 1.807) is 17.7 Å². The van der Waals surface area contributed by atoms with E-state index in [1.165, 1.54) is 11.3 Å². The Bertz CT molecular complexity index is 914. The molecule has 0 unspecified atom stereocenters. The van der Waals surface area contributed by atoms with Crippen LogP contribution >= 0.6 is 11.3 Å². The molecule has 2 aromatic heterocycles. The van der Waals surface area contributed by atoms with Crippen molar-refractivity contribution in [2.45, 2.75) is 31.3 Å². The minimum atomic E-state index is -3.57. The van der Waals surface area contributed by atoms with Gasteiger partial charge in [0.25, 0.3) is 0 Å². The number of aryl methyl sites for hydroxylation is 2. The van der Waals surface area contributed by atoms with Crippen molar-refractivity contribution < 1.29 is 8.42 Å². The zero-order chi connectivity index (χ0) is 16.4. The molecule has 0 amide bonds. The summed E-state index contributed by atoms with van der Waals surface area (Å²) in [5.74, 6) is 0.471. The monoisotopic (exact) mass is 348 g/mol. The van der Waals surface area contributed by atoms with Crippen LogP contribution in [0.4, 0.5) is 0 Å². The maximum Gasteiger partial charge on any atom is 0.250 e. The van der Waals surface area contributed by atoms with Crippen molar-refractivity contribution in [1.82, 2.24) is 19.7 Å². The van der Waals surface area contributed by atoms with Gasteiger partial charge in [-0.2, -0.15) is 0 Å². The molecule has 0 saturated carbocycles. The smallest absolute Gasteiger partial charge is 0.250 e. The number of hydrogen-bond acceptors (Lipinski definition) is 6. The van der Waals surface area contributed by atoms with Crippen LogP contribution in [0.15, 0.2) is 41.7 Å². The van der Waals surface area contributed by atoms with Crippen LogP contribution in [-0.4, -0.2) is 28.2 Å². The first-order valence-corrected chi connectivity index (χ1v) is 9.50. The van der Waals surface area contributed by atoms with Crippen molar-refractivity contribution in [3.05, 3.63) is 57.8 Å². The van der Waals surface area contributed by atoms with E-state index >= 15 is 0 Å². The van der Waals surface area contributed by atoms with Gasteiger partial charge < -0.3 is 0 Å². The van der Waals surface area contributed by atoms with Crippen LogP contribution in [0.1, 0.15) is 21.3 Å². The van der Waals surface area contributed by atoms with Gasteiger partial charge in [-0.15, -0.1) is 21.5 Å². The van der Waals surface area contributed by atoms with Gasteiger partial charge in [0.2, 0.25) is 15.0 Å². The van der Waals surface area contributed by atoms with E-state index in [-0.39, 0.29) is 10.9 Å². The molecule has 2 heterocycles. The molecule has 0 radical (unpaired) electrons. The Morgan fingerprint density at radius 2 is 1.87 bits per heavy atom. The molecule has 0 fully saturated rings. The zero-order valence-electron chi connectivity index (χ0n) is 12.8. The van der Waals surface area contributed by atoms with Crippen molar-refractivity contribution in [2.75, 3.05) is 0 Å². The average molecular weight is 348 g/mol. The molecule has 3 rings (SSSR count). The molecule has 1 aromatic carbocycles. The lowest BCUT2D eigenvalue weighted by molar-refractivity contribution is 0.569. The van der Waals surface area contributed by atoms with Crippen molar-refractivity contribution in [1.29, 1.82) is 0 Å². The van der Waals surface area contributed by atoms with Gasteiger partial charge in [-0.25, -0.2) is 13.4 Å². The van der Waals surface area contributed by atoms with E-state index in [0.717, 1.165) is 10.6 Å². The first-order valence-electron chi connectivity index (χ1n) is 7.03. The third kappa shape index (κ3) is 3.48. The fourth-order valence-electron chi connectivity index (χ4n) is 2.26. The third-order valence-electron chi connectivity index (χ3n) is 3.36. The summed E-state index contributed by atoms with van der Waals surface area (Å²) in [6.07, 6.45) is 1.60. The largest absolute Gasteiger partial charge is 0.298 e. The Balaban J connectivity index is 1.93. The van der Waals surface area contributed by atoms with E-state index in [1.807, 2.05) is 37.3 Å². The Labute approximate surface area is 138 Å². The summed E-state index contributed by atoms with van der Waals surface area (Å²) in [5, 5.41) is 8.69. The highest BCUT2D eigenvalue weighted by atomic mass is 32.2. The summed E-state index contributed by atoms with van der Waals surface area (Å²) >= 11 is 1.38. The topological polar surface area (TPSA) is 77.7 Å². The van der Waals surface area contributed by atoms with Gasteiger partial charge >= 0.3 is 0 Å². The van der Waals surface area contributed by atoms with Gasteiger partial charge in [-0.3, -0.25) is 4.57 Å². The molecule has 0 saturated heterocycles. The van der Waals surface area contributed by atoms with Crippen LogP contribution in [0.2, 0.25) is 0 Å². The Hall–Kier alpha value is -2.06. The summed E-state index contributed by atoms with van der Waals surface area (Å²) in [4.78, 5) is 4.80. The molecule has 8 heteroatoms. The first kappa shape index (κ1) is 15.8. The minimum absolute atomic E-state index is 0.00454. The summed E-state index contributed by atoms with van der Waals surface area (Å²) in [5.41, 5.74) is 1.00. The molecule has 3 aromatic rings. The van der Waals surface area contributed by atoms with Gasteiger partial charge in [0.15, 0.2) is 0 Å². The number of sulfone groups is 1. The van der Waals surface area contributed by atoms with Crippen molar-refractivity contribution in [3.63, 3.8) is 0 Å². The van der Waals surface area contributed by atoms with Crippen LogP contribution < -0.4 is 0 Å². The maximum absolute atomic E-state index is 12.7. The third-order valence-corrected chi connectivity index (χ3v) is 6.01. The molecule has 0 aliphatic rings. The molecule has 0 N–H and O–H groups in total. The average Bonchev–Trinajstić information content (AvgIpc) is 3.07. The van der Waals surface area contributed by atoms with E-state index < -0.39 is 9.84 Å². The predicted octanol–water partition coefficient (Wildman–Crippen LogP) is 2.37. The molecule has 0 atom stereocenters. The van der Waals surface area contributed by atoms with Gasteiger partial charge in [0.05, 0.1) is 17.3 Å². The summed E-state index contributed by atoms with van der Waals surface area (Å²) in [7, 11) is -3.57. The van der Waals surface area contributed by atoms with Crippen molar-refractivity contribution >= 4 is 21.2 Å². The predicted molar refractivity (Wildman–Crippen MR) is 88.0 cm³/mol. The van der Waals surface area contributed by atoms with Gasteiger partial charge in [0.1, 0.15) is 5.82 Å². The second kappa shape index (κ2) is 6.21. The van der Waals surface area contributed by atoms with Crippen LogP contribution in [0.3, 0.4) is 0 Å². The van der Waals surface area contributed by atoms with Crippen LogP contribution in [-0.2, 0) is 22.1 Å². The standard InChI is InChI=1S/C15H16N4O2S2/c1-11-17-18-15(19(11)9-13-6-4-3-5-7-13)23(20,21)10-14-8-16-12(2)22-14/h3-8H,9-10H2,1-2H3. The zero-order valence-corrected chi connectivity index (χ0v) is 14.4. The highest BCUT2D eigenvalue weighted by Crippen LogP contribution is 2.20. The Morgan fingerprint density at radius 1 is 1.13 bits per heavy atom. The summed E-state index contributed by atoms with van der Waals surface area (Å²) < 4.78 is 27.0. The lowest BCUT2D eigenvalue weighted by Gasteiger charge is -2.09. The Kier molecular flexibility index (Phi) is 4.27. The van der Waals surface area contributed by atoms with E-state index in [9.17, 15) is 8.42 Å². The highest BCUT2D eigenvalue weighted by molar-refractivity contribution is 7.90. The van der Waals surface area contributed by atoms with Gasteiger partial charge in [0, 0.05) is 11.1 Å². The molecule has 6 nitrogen and oxygen atoms in total. The second-order valence-electron chi connectivity index (χ2n) is 5.21. The molecule has 120 valence electrons. The molecule has 0 bridgehead atoms. The van der Waals surface area contributed by atoms with E-state index in [0.29, 0.717) is 17.2 Å². The number of benzene rings is 1. The minimum Gasteiger partial charge on any atom is -0.298 e. The van der Waals surface area contributed by atoms with Crippen LogP contribution in [0, 0.1) is 13.8 Å². The number of rotatable bonds is 5. The van der Waals surface area contributed by atoms with Crippen LogP contribution in [0.5, 0.6) is 0 Å². The fourth-order valence-corrected chi connectivity index (χ4v) is 4.83. The molecular weight excluding hydrogens is 332 g/mol. The SMILES string of the molecule is Cc1ncc(CS(=O)(=O)c2nnc(C)n2Cc2ccccc2)s1. The number of nitrogens with zero attached hydrogens (tertiary/aromatic N) is 4. The van der Waals surface area contributed by atoms with Crippen molar-refractivity contribution in [3.8, 4) is 0 Å². The molecule has 0 aliphatic heterocycles. The van der Waals surface area contributed by atoms with E-state index in [2.05, 4.69) is 15.2 Å². The quantitative estimate of drug-likeness (QED) is 0.707. The molecule has 0 spiro atoms. The number of thiazole rings is 1. The molecule has 0 aliphatic carbocycles. The fraction of sp³-hybridized carbons (Fsp3) is 0.267. The highest BCUT2D eigenvalue weighted by Gasteiger charge is 2.25.